The Kier molecular flexibility index (Phi) is 5.08. The molecular formula is C17H21N3O3S. The highest BCUT2D eigenvalue weighted by atomic mass is 32.2. The third-order valence-electron chi connectivity index (χ3n) is 4.54. The van der Waals surface area contributed by atoms with E-state index in [1.54, 1.807) is 48.0 Å². The van der Waals surface area contributed by atoms with E-state index in [0.29, 0.717) is 22.9 Å². The number of hydrogen-bond acceptors (Lipinski definition) is 4. The molecule has 0 unspecified atom stereocenters. The molecule has 0 bridgehead atoms. The predicted octanol–water partition coefficient (Wildman–Crippen LogP) is 1.69. The lowest BCUT2D eigenvalue weighted by molar-refractivity contribution is -0.141. The summed E-state index contributed by atoms with van der Waals surface area (Å²) in [6, 6.07) is 6.35. The number of hydrogen-bond donors (Lipinski definition) is 2. The van der Waals surface area contributed by atoms with Crippen LogP contribution in [0.3, 0.4) is 0 Å². The van der Waals surface area contributed by atoms with Gasteiger partial charge in [-0.25, -0.2) is 0 Å². The Bertz CT molecular complexity index is 660. The maximum Gasteiger partial charge on any atom is 0.251 e. The van der Waals surface area contributed by atoms with E-state index < -0.39 is 6.04 Å². The first kappa shape index (κ1) is 16.8. The predicted molar refractivity (Wildman–Crippen MR) is 93.8 cm³/mol. The molecule has 0 aromatic heterocycles. The van der Waals surface area contributed by atoms with Crippen molar-refractivity contribution in [3.05, 3.63) is 29.8 Å². The highest BCUT2D eigenvalue weighted by molar-refractivity contribution is 7.99. The number of thioether (sulfide) groups is 1. The molecule has 1 heterocycles. The second-order valence-corrected chi connectivity index (χ2v) is 7.10. The quantitative estimate of drug-likeness (QED) is 0.869. The average Bonchev–Trinajstić information content (AvgIpc) is 3.02. The molecule has 1 saturated carbocycles. The molecule has 2 N–H and O–H groups in total. The molecule has 1 atom stereocenters. The van der Waals surface area contributed by atoms with Crippen LogP contribution in [0.25, 0.3) is 0 Å². The van der Waals surface area contributed by atoms with Crippen molar-refractivity contribution in [1.82, 2.24) is 10.2 Å². The summed E-state index contributed by atoms with van der Waals surface area (Å²) < 4.78 is 0. The van der Waals surface area contributed by atoms with E-state index >= 15 is 0 Å². The fourth-order valence-corrected chi connectivity index (χ4v) is 4.04. The Morgan fingerprint density at radius 1 is 1.25 bits per heavy atom. The fraction of sp³-hybridized carbons (Fsp3) is 0.471. The minimum absolute atomic E-state index is 0.0931. The lowest BCUT2D eigenvalue weighted by Gasteiger charge is -2.31. The van der Waals surface area contributed by atoms with Gasteiger partial charge in [0.15, 0.2) is 0 Å². The van der Waals surface area contributed by atoms with Gasteiger partial charge >= 0.3 is 0 Å². The van der Waals surface area contributed by atoms with Gasteiger partial charge in [-0.3, -0.25) is 14.4 Å². The number of nitrogens with one attached hydrogen (secondary N) is 2. The Balaban J connectivity index is 1.67. The van der Waals surface area contributed by atoms with E-state index in [-0.39, 0.29) is 23.6 Å². The Labute approximate surface area is 145 Å². The van der Waals surface area contributed by atoms with Gasteiger partial charge in [-0.05, 0) is 31.0 Å². The third kappa shape index (κ3) is 3.40. The maximum atomic E-state index is 12.6. The van der Waals surface area contributed by atoms with Crippen LogP contribution in [0.15, 0.2) is 24.3 Å². The van der Waals surface area contributed by atoms with Crippen LogP contribution in [0.4, 0.5) is 5.69 Å². The van der Waals surface area contributed by atoms with E-state index in [1.165, 1.54) is 0 Å². The van der Waals surface area contributed by atoms with E-state index in [1.807, 2.05) is 0 Å². The van der Waals surface area contributed by atoms with Gasteiger partial charge in [0.1, 0.15) is 6.04 Å². The van der Waals surface area contributed by atoms with Gasteiger partial charge in [0, 0.05) is 30.0 Å². The minimum atomic E-state index is -0.438. The van der Waals surface area contributed by atoms with Crippen LogP contribution in [0, 0.1) is 5.92 Å². The summed E-state index contributed by atoms with van der Waals surface area (Å²) >= 11 is 1.60. The van der Waals surface area contributed by atoms with E-state index in [2.05, 4.69) is 10.6 Å². The van der Waals surface area contributed by atoms with Crippen molar-refractivity contribution in [3.8, 4) is 0 Å². The number of anilines is 1. The van der Waals surface area contributed by atoms with Crippen LogP contribution in [-0.4, -0.2) is 47.3 Å². The van der Waals surface area contributed by atoms with E-state index in [9.17, 15) is 14.4 Å². The highest BCUT2D eigenvalue weighted by Gasteiger charge is 2.39. The molecule has 3 rings (SSSR count). The Morgan fingerprint density at radius 3 is 2.71 bits per heavy atom. The summed E-state index contributed by atoms with van der Waals surface area (Å²) in [7, 11) is 1.56. The van der Waals surface area contributed by atoms with Gasteiger partial charge in [0.25, 0.3) is 5.91 Å². The third-order valence-corrected chi connectivity index (χ3v) is 5.55. The van der Waals surface area contributed by atoms with Gasteiger partial charge in [-0.1, -0.05) is 12.5 Å². The molecule has 6 nitrogen and oxygen atoms in total. The molecule has 1 aliphatic heterocycles. The largest absolute Gasteiger partial charge is 0.355 e. The lowest BCUT2D eigenvalue weighted by Crippen LogP contribution is -2.47. The first-order valence-corrected chi connectivity index (χ1v) is 9.27. The molecule has 3 amide bonds. The van der Waals surface area contributed by atoms with Gasteiger partial charge in [0.05, 0.1) is 5.88 Å². The monoisotopic (exact) mass is 347 g/mol. The van der Waals surface area contributed by atoms with Crippen molar-refractivity contribution in [1.29, 1.82) is 0 Å². The van der Waals surface area contributed by atoms with Crippen LogP contribution >= 0.6 is 11.8 Å². The summed E-state index contributed by atoms with van der Waals surface area (Å²) in [4.78, 5) is 38.4. The molecule has 24 heavy (non-hydrogen) atoms. The van der Waals surface area contributed by atoms with Gasteiger partial charge < -0.3 is 15.5 Å². The standard InChI is InChI=1S/C17H21N3O3S/c1-18-15(21)12-6-3-7-13(8-12)19-16(22)14-9-24-10-20(14)17(23)11-4-2-5-11/h3,6-8,11,14H,2,4-5,9-10H2,1H3,(H,18,21)(H,19,22)/t14-/m0/s1. The Hall–Kier alpha value is -2.02. The first-order valence-electron chi connectivity index (χ1n) is 8.11. The minimum Gasteiger partial charge on any atom is -0.355 e. The van der Waals surface area contributed by atoms with Gasteiger partial charge in [0.2, 0.25) is 11.8 Å². The molecule has 1 aromatic carbocycles. The summed E-state index contributed by atoms with van der Waals surface area (Å²) in [5.41, 5.74) is 1.05. The van der Waals surface area contributed by atoms with Gasteiger partial charge in [-0.15, -0.1) is 11.8 Å². The zero-order chi connectivity index (χ0) is 17.1. The number of nitrogens with zero attached hydrogens (tertiary/aromatic N) is 1. The van der Waals surface area contributed by atoms with Crippen molar-refractivity contribution < 1.29 is 14.4 Å². The molecule has 1 aliphatic carbocycles. The van der Waals surface area contributed by atoms with Crippen LogP contribution in [0.5, 0.6) is 0 Å². The smallest absolute Gasteiger partial charge is 0.251 e. The number of amides is 3. The van der Waals surface area contributed by atoms with Gasteiger partial charge in [-0.2, -0.15) is 0 Å². The Morgan fingerprint density at radius 2 is 2.04 bits per heavy atom. The number of benzene rings is 1. The van der Waals surface area contributed by atoms with E-state index in [0.717, 1.165) is 19.3 Å². The van der Waals surface area contributed by atoms with Crippen molar-refractivity contribution >= 4 is 35.2 Å². The van der Waals surface area contributed by atoms with Crippen molar-refractivity contribution in [2.45, 2.75) is 25.3 Å². The molecule has 0 radical (unpaired) electrons. The first-order chi connectivity index (χ1) is 11.6. The van der Waals surface area contributed by atoms with Crippen LogP contribution in [0.1, 0.15) is 29.6 Å². The summed E-state index contributed by atoms with van der Waals surface area (Å²) in [5.74, 6) is 0.984. The normalized spacial score (nSPS) is 20.4. The average molecular weight is 347 g/mol. The topological polar surface area (TPSA) is 78.5 Å². The zero-order valence-electron chi connectivity index (χ0n) is 13.6. The number of carbonyl (C=O) groups is 3. The molecule has 2 fully saturated rings. The SMILES string of the molecule is CNC(=O)c1cccc(NC(=O)[C@@H]2CSCN2C(=O)C2CCC2)c1. The molecule has 2 aliphatic rings. The van der Waals surface area contributed by atoms with Crippen LogP contribution in [0.2, 0.25) is 0 Å². The maximum absolute atomic E-state index is 12.6. The van der Waals surface area contributed by atoms with Crippen LogP contribution in [-0.2, 0) is 9.59 Å². The summed E-state index contributed by atoms with van der Waals surface area (Å²) in [6.07, 6.45) is 2.96. The zero-order valence-corrected chi connectivity index (χ0v) is 14.4. The number of rotatable bonds is 4. The van der Waals surface area contributed by atoms with Crippen molar-refractivity contribution in [3.63, 3.8) is 0 Å². The van der Waals surface area contributed by atoms with E-state index in [4.69, 9.17) is 0 Å². The second-order valence-electron chi connectivity index (χ2n) is 6.10. The second kappa shape index (κ2) is 7.25. The molecule has 0 spiro atoms. The summed E-state index contributed by atoms with van der Waals surface area (Å²) in [6.45, 7) is 0. The molecular weight excluding hydrogens is 326 g/mol. The van der Waals surface area contributed by atoms with Crippen molar-refractivity contribution in [2.24, 2.45) is 5.92 Å². The lowest BCUT2D eigenvalue weighted by atomic mass is 9.84. The molecule has 7 heteroatoms. The van der Waals surface area contributed by atoms with Crippen molar-refractivity contribution in [2.75, 3.05) is 24.0 Å². The number of carbonyl (C=O) groups excluding carboxylic acids is 3. The molecule has 128 valence electrons. The highest BCUT2D eigenvalue weighted by Crippen LogP contribution is 2.32. The summed E-state index contributed by atoms with van der Waals surface area (Å²) in [5, 5.41) is 5.39. The fourth-order valence-electron chi connectivity index (χ4n) is 2.87. The molecule has 1 aromatic rings. The van der Waals surface area contributed by atoms with Crippen LogP contribution < -0.4 is 10.6 Å². The molecule has 1 saturated heterocycles.